The van der Waals surface area contributed by atoms with Gasteiger partial charge in [0.1, 0.15) is 5.02 Å². The molecule has 0 aromatic carbocycles. The second kappa shape index (κ2) is 7.63. The highest BCUT2D eigenvalue weighted by molar-refractivity contribution is 6.33. The Hall–Kier alpha value is -2.88. The number of alkyl halides is 3. The summed E-state index contributed by atoms with van der Waals surface area (Å²) < 4.78 is 40.5. The number of pyridine rings is 1. The summed E-state index contributed by atoms with van der Waals surface area (Å²) in [5.74, 6) is -0.0539. The summed E-state index contributed by atoms with van der Waals surface area (Å²) in [6.07, 6.45) is 1.07. The van der Waals surface area contributed by atoms with Crippen LogP contribution in [0.1, 0.15) is 18.1 Å². The highest BCUT2D eigenvalue weighted by Crippen LogP contribution is 2.29. The number of aryl methyl sites for hydroxylation is 1. The van der Waals surface area contributed by atoms with Gasteiger partial charge in [-0.25, -0.2) is 4.98 Å². The molecule has 0 amide bonds. The highest BCUT2D eigenvalue weighted by Gasteiger charge is 2.30. The Morgan fingerprint density at radius 2 is 1.93 bits per heavy atom. The molecule has 0 aliphatic carbocycles. The van der Waals surface area contributed by atoms with Crippen LogP contribution >= 0.6 is 11.6 Å². The van der Waals surface area contributed by atoms with Gasteiger partial charge in [-0.3, -0.25) is 9.48 Å². The van der Waals surface area contributed by atoms with E-state index in [2.05, 4.69) is 15.2 Å². The van der Waals surface area contributed by atoms with Crippen LogP contribution in [0.3, 0.4) is 0 Å². The maximum absolute atomic E-state index is 12.7. The van der Waals surface area contributed by atoms with E-state index >= 15 is 0 Å². The quantitative estimate of drug-likeness (QED) is 0.644. The second-order valence-electron chi connectivity index (χ2n) is 6.00. The predicted octanol–water partition coefficient (Wildman–Crippen LogP) is 3.06. The third kappa shape index (κ3) is 4.01. The number of aromatic nitrogens is 5. The lowest BCUT2D eigenvalue weighted by atomic mass is 10.3. The molecule has 0 spiro atoms. The molecule has 0 saturated heterocycles. The van der Waals surface area contributed by atoms with Crippen molar-refractivity contribution >= 4 is 17.3 Å². The molecule has 11 heteroatoms. The minimum Gasteiger partial charge on any atom is -0.365 e. The average molecular weight is 413 g/mol. The van der Waals surface area contributed by atoms with Gasteiger partial charge in [-0.2, -0.15) is 28.1 Å². The van der Waals surface area contributed by atoms with Crippen LogP contribution in [0.15, 0.2) is 41.7 Å². The van der Waals surface area contributed by atoms with Crippen molar-refractivity contribution in [2.24, 2.45) is 7.05 Å². The Bertz CT molecular complexity index is 1030. The fraction of sp³-hybridized carbons (Fsp3) is 0.294. The topological polar surface area (TPSA) is 68.8 Å². The molecule has 0 aliphatic rings. The first-order valence-electron chi connectivity index (χ1n) is 8.24. The van der Waals surface area contributed by atoms with Crippen molar-refractivity contribution < 1.29 is 13.2 Å². The van der Waals surface area contributed by atoms with E-state index in [0.29, 0.717) is 25.0 Å². The lowest BCUT2D eigenvalue weighted by molar-refractivity contribution is -0.137. The smallest absolute Gasteiger partial charge is 0.365 e. The standard InChI is InChI=1S/C17H16ClF3N6O/c1-3-26(10-11-6-23-25(2)9-11)13-8-24-27(16(28)15(13)18)14-5-4-12(7-22-14)17(19,20)21/h4-9H,3,10H2,1-2H3. The third-order valence-corrected chi connectivity index (χ3v) is 4.40. The summed E-state index contributed by atoms with van der Waals surface area (Å²) in [6.45, 7) is 2.92. The van der Waals surface area contributed by atoms with Crippen LogP contribution in [0.25, 0.3) is 5.82 Å². The van der Waals surface area contributed by atoms with Crippen molar-refractivity contribution in [1.82, 2.24) is 24.5 Å². The lowest BCUT2D eigenvalue weighted by Crippen LogP contribution is -2.28. The number of rotatable bonds is 5. The van der Waals surface area contributed by atoms with E-state index in [-0.39, 0.29) is 10.8 Å². The Balaban J connectivity index is 1.93. The van der Waals surface area contributed by atoms with E-state index in [4.69, 9.17) is 11.6 Å². The number of hydrogen-bond donors (Lipinski definition) is 0. The van der Waals surface area contributed by atoms with Crippen molar-refractivity contribution in [3.05, 3.63) is 63.4 Å². The van der Waals surface area contributed by atoms with Gasteiger partial charge in [0, 0.05) is 38.1 Å². The zero-order valence-corrected chi connectivity index (χ0v) is 15.7. The Labute approximate surface area is 163 Å². The van der Waals surface area contributed by atoms with E-state index in [9.17, 15) is 18.0 Å². The molecule has 0 bridgehead atoms. The van der Waals surface area contributed by atoms with E-state index in [0.717, 1.165) is 22.4 Å². The molecule has 0 aliphatic heterocycles. The molecular formula is C17H16ClF3N6O. The maximum Gasteiger partial charge on any atom is 0.417 e. The summed E-state index contributed by atoms with van der Waals surface area (Å²) in [7, 11) is 1.80. The second-order valence-corrected chi connectivity index (χ2v) is 6.38. The van der Waals surface area contributed by atoms with E-state index in [1.54, 1.807) is 17.9 Å². The molecule has 0 saturated carbocycles. The average Bonchev–Trinajstić information content (AvgIpc) is 3.06. The van der Waals surface area contributed by atoms with Crippen molar-refractivity contribution in [2.45, 2.75) is 19.6 Å². The molecule has 7 nitrogen and oxygen atoms in total. The van der Waals surface area contributed by atoms with Gasteiger partial charge in [-0.1, -0.05) is 11.6 Å². The predicted molar refractivity (Wildman–Crippen MR) is 97.6 cm³/mol. The molecule has 3 aromatic rings. The fourth-order valence-corrected chi connectivity index (χ4v) is 2.88. The Morgan fingerprint density at radius 3 is 2.46 bits per heavy atom. The van der Waals surface area contributed by atoms with E-state index in [1.807, 2.05) is 18.0 Å². The molecule has 0 radical (unpaired) electrons. The molecule has 3 aromatic heterocycles. The Morgan fingerprint density at radius 1 is 1.18 bits per heavy atom. The van der Waals surface area contributed by atoms with Crippen LogP contribution in [0.5, 0.6) is 0 Å². The zero-order chi connectivity index (χ0) is 20.5. The molecule has 28 heavy (non-hydrogen) atoms. The summed E-state index contributed by atoms with van der Waals surface area (Å²) in [5.41, 5.74) is -0.244. The summed E-state index contributed by atoms with van der Waals surface area (Å²) in [4.78, 5) is 18.1. The van der Waals surface area contributed by atoms with Gasteiger partial charge in [0.2, 0.25) is 0 Å². The summed E-state index contributed by atoms with van der Waals surface area (Å²) in [5, 5.41) is 8.04. The van der Waals surface area contributed by atoms with Gasteiger partial charge in [-0.05, 0) is 19.1 Å². The molecule has 0 fully saturated rings. The molecule has 0 N–H and O–H groups in total. The zero-order valence-electron chi connectivity index (χ0n) is 15.0. The number of halogens is 4. The molecule has 3 rings (SSSR count). The van der Waals surface area contributed by atoms with Crippen LogP contribution in [0, 0.1) is 0 Å². The van der Waals surface area contributed by atoms with Gasteiger partial charge in [0.05, 0.1) is 23.6 Å². The van der Waals surface area contributed by atoms with Gasteiger partial charge in [0.25, 0.3) is 5.56 Å². The summed E-state index contributed by atoms with van der Waals surface area (Å²) >= 11 is 6.25. The van der Waals surface area contributed by atoms with E-state index < -0.39 is 17.3 Å². The first kappa shape index (κ1) is 19.9. The SMILES string of the molecule is CCN(Cc1cnn(C)c1)c1cnn(-c2ccc(C(F)(F)F)cn2)c(=O)c1Cl. The maximum atomic E-state index is 12.7. The lowest BCUT2D eigenvalue weighted by Gasteiger charge is -2.23. The van der Waals surface area contributed by atoms with Gasteiger partial charge >= 0.3 is 6.18 Å². The monoisotopic (exact) mass is 412 g/mol. The Kier molecular flexibility index (Phi) is 5.41. The minimum absolute atomic E-state index is 0.0539. The molecular weight excluding hydrogens is 397 g/mol. The van der Waals surface area contributed by atoms with Gasteiger partial charge < -0.3 is 4.90 Å². The van der Waals surface area contributed by atoms with E-state index in [1.165, 1.54) is 6.20 Å². The van der Waals surface area contributed by atoms with Crippen LogP contribution in [0.2, 0.25) is 5.02 Å². The van der Waals surface area contributed by atoms with Gasteiger partial charge in [0.15, 0.2) is 5.82 Å². The van der Waals surface area contributed by atoms with Crippen molar-refractivity contribution in [1.29, 1.82) is 0 Å². The molecule has 3 heterocycles. The molecule has 0 atom stereocenters. The molecule has 148 valence electrons. The largest absolute Gasteiger partial charge is 0.417 e. The number of anilines is 1. The molecule has 0 unspecified atom stereocenters. The van der Waals surface area contributed by atoms with Crippen LogP contribution in [-0.2, 0) is 19.8 Å². The van der Waals surface area contributed by atoms with Crippen molar-refractivity contribution in [2.75, 3.05) is 11.4 Å². The first-order valence-corrected chi connectivity index (χ1v) is 8.62. The van der Waals surface area contributed by atoms with Crippen molar-refractivity contribution in [3.63, 3.8) is 0 Å². The van der Waals surface area contributed by atoms with Crippen LogP contribution in [-0.4, -0.2) is 31.1 Å². The normalized spacial score (nSPS) is 11.6. The van der Waals surface area contributed by atoms with Crippen LogP contribution in [0.4, 0.5) is 18.9 Å². The van der Waals surface area contributed by atoms with Crippen LogP contribution < -0.4 is 10.5 Å². The minimum atomic E-state index is -4.51. The number of hydrogen-bond acceptors (Lipinski definition) is 5. The fourth-order valence-electron chi connectivity index (χ4n) is 2.63. The number of nitrogens with zero attached hydrogens (tertiary/aromatic N) is 6. The highest BCUT2D eigenvalue weighted by atomic mass is 35.5. The van der Waals surface area contributed by atoms with Gasteiger partial charge in [-0.15, -0.1) is 0 Å². The third-order valence-electron chi connectivity index (χ3n) is 4.05. The summed E-state index contributed by atoms with van der Waals surface area (Å²) in [6, 6.07) is 1.90. The first-order chi connectivity index (χ1) is 13.2. The van der Waals surface area contributed by atoms with Crippen molar-refractivity contribution in [3.8, 4) is 5.82 Å².